The van der Waals surface area contributed by atoms with Crippen molar-refractivity contribution >= 4 is 41.5 Å². The van der Waals surface area contributed by atoms with Crippen LogP contribution in [0.1, 0.15) is 91.0 Å². The van der Waals surface area contributed by atoms with E-state index < -0.39 is 58.8 Å². The highest BCUT2D eigenvalue weighted by Crippen LogP contribution is 2.31. The summed E-state index contributed by atoms with van der Waals surface area (Å²) in [5.41, 5.74) is -1.44. The Labute approximate surface area is 245 Å². The van der Waals surface area contributed by atoms with Crippen LogP contribution in [-0.4, -0.2) is 58.1 Å². The van der Waals surface area contributed by atoms with Crippen molar-refractivity contribution < 1.29 is 28.7 Å². The molecule has 3 atom stereocenters. The van der Waals surface area contributed by atoms with Crippen LogP contribution >= 0.6 is 0 Å². The SMILES string of the molecule is CC(C)(C)OC(=O)Nc1cccn(C(CC2CCCCC2)C(=O)NC(CC2CC=NC2=O)C(=O)C(=O)NC2CC2)c1=O. The number of aromatic nitrogens is 1. The van der Waals surface area contributed by atoms with Gasteiger partial charge in [-0.1, -0.05) is 32.1 Å². The number of ether oxygens (including phenoxy) is 1. The number of anilines is 1. The first-order valence-electron chi connectivity index (χ1n) is 14.8. The monoisotopic (exact) mass is 583 g/mol. The van der Waals surface area contributed by atoms with Crippen LogP contribution in [0.2, 0.25) is 0 Å². The molecule has 2 fully saturated rings. The van der Waals surface area contributed by atoms with Gasteiger partial charge in [0.1, 0.15) is 17.3 Å². The molecule has 0 spiro atoms. The van der Waals surface area contributed by atoms with Gasteiger partial charge in [0.15, 0.2) is 0 Å². The first kappa shape index (κ1) is 31.1. The van der Waals surface area contributed by atoms with Crippen LogP contribution < -0.4 is 21.5 Å². The molecule has 12 heteroatoms. The number of carbonyl (C=O) groups is 5. The number of ketones is 1. The quantitative estimate of drug-likeness (QED) is 0.337. The van der Waals surface area contributed by atoms with Gasteiger partial charge in [-0.15, -0.1) is 0 Å². The molecule has 4 rings (SSSR count). The smallest absolute Gasteiger partial charge is 0.412 e. The van der Waals surface area contributed by atoms with Gasteiger partial charge >= 0.3 is 6.09 Å². The number of amides is 4. The van der Waals surface area contributed by atoms with E-state index in [1.807, 2.05) is 0 Å². The van der Waals surface area contributed by atoms with Crippen molar-refractivity contribution in [3.63, 3.8) is 0 Å². The van der Waals surface area contributed by atoms with Gasteiger partial charge in [0.2, 0.25) is 17.6 Å². The van der Waals surface area contributed by atoms with Gasteiger partial charge in [-0.3, -0.25) is 29.3 Å². The van der Waals surface area contributed by atoms with E-state index in [9.17, 15) is 28.8 Å². The summed E-state index contributed by atoms with van der Waals surface area (Å²) in [5.74, 6) is -3.12. The third kappa shape index (κ3) is 8.59. The fraction of sp³-hybridized carbons (Fsp3) is 0.633. The predicted molar refractivity (Wildman–Crippen MR) is 155 cm³/mol. The lowest BCUT2D eigenvalue weighted by molar-refractivity contribution is -0.141. The van der Waals surface area contributed by atoms with Crippen LogP contribution in [0.25, 0.3) is 0 Å². The Morgan fingerprint density at radius 3 is 2.38 bits per heavy atom. The maximum Gasteiger partial charge on any atom is 0.412 e. The number of hydrogen-bond acceptors (Lipinski definition) is 7. The summed E-state index contributed by atoms with van der Waals surface area (Å²) < 4.78 is 6.54. The number of hydrogen-bond donors (Lipinski definition) is 3. The molecule has 2 heterocycles. The van der Waals surface area contributed by atoms with Crippen molar-refractivity contribution in [1.82, 2.24) is 15.2 Å². The van der Waals surface area contributed by atoms with E-state index in [2.05, 4.69) is 20.9 Å². The minimum atomic E-state index is -1.26. The molecule has 0 radical (unpaired) electrons. The summed E-state index contributed by atoms with van der Waals surface area (Å²) in [6, 6.07) is 0.638. The maximum absolute atomic E-state index is 13.9. The minimum Gasteiger partial charge on any atom is -0.444 e. The topological polar surface area (TPSA) is 165 Å². The van der Waals surface area contributed by atoms with E-state index in [0.29, 0.717) is 12.8 Å². The Hall–Kier alpha value is -3.83. The van der Waals surface area contributed by atoms with Crippen molar-refractivity contribution in [2.24, 2.45) is 16.8 Å². The molecular formula is C30H41N5O7. The zero-order chi connectivity index (χ0) is 30.4. The lowest BCUT2D eigenvalue weighted by Gasteiger charge is -2.29. The van der Waals surface area contributed by atoms with E-state index in [0.717, 1.165) is 44.9 Å². The number of aliphatic imine (C=N–C) groups is 1. The highest BCUT2D eigenvalue weighted by molar-refractivity contribution is 6.38. The van der Waals surface area contributed by atoms with Crippen molar-refractivity contribution in [2.75, 3.05) is 5.32 Å². The average molecular weight is 584 g/mol. The molecule has 1 aromatic rings. The number of pyridine rings is 1. The van der Waals surface area contributed by atoms with Crippen molar-refractivity contribution in [3.05, 3.63) is 28.7 Å². The first-order chi connectivity index (χ1) is 19.9. The summed E-state index contributed by atoms with van der Waals surface area (Å²) in [4.78, 5) is 81.8. The first-order valence-corrected chi connectivity index (χ1v) is 14.8. The van der Waals surface area contributed by atoms with E-state index >= 15 is 0 Å². The van der Waals surface area contributed by atoms with Gasteiger partial charge in [-0.05, 0) is 70.9 Å². The highest BCUT2D eigenvalue weighted by atomic mass is 16.6. The normalized spacial score (nSPS) is 20.5. The summed E-state index contributed by atoms with van der Waals surface area (Å²) in [5, 5.41) is 7.85. The molecule has 3 unspecified atom stereocenters. The van der Waals surface area contributed by atoms with Crippen LogP contribution in [0.15, 0.2) is 28.1 Å². The largest absolute Gasteiger partial charge is 0.444 e. The van der Waals surface area contributed by atoms with E-state index in [1.54, 1.807) is 26.8 Å². The van der Waals surface area contributed by atoms with Crippen molar-refractivity contribution in [1.29, 1.82) is 0 Å². The molecule has 3 N–H and O–H groups in total. The van der Waals surface area contributed by atoms with Crippen LogP contribution in [0.4, 0.5) is 10.5 Å². The second-order valence-corrected chi connectivity index (χ2v) is 12.5. The molecule has 3 aliphatic rings. The van der Waals surface area contributed by atoms with Crippen molar-refractivity contribution in [3.8, 4) is 0 Å². The Bertz CT molecular complexity index is 1290. The van der Waals surface area contributed by atoms with E-state index in [-0.39, 0.29) is 24.1 Å². The highest BCUT2D eigenvalue weighted by Gasteiger charge is 2.37. The zero-order valence-corrected chi connectivity index (χ0v) is 24.5. The standard InChI is InChI=1S/C30H41N5O7/c1-30(2,3)42-29(41)34-21-10-7-15-35(28(21)40)23(16-18-8-5-4-6-9-18)26(38)33-22(17-19-13-14-31-25(19)37)24(36)27(39)32-20-11-12-20/h7,10,14-15,18-20,22-23H,4-6,8-9,11-13,16-17H2,1-3H3,(H,32,39)(H,33,38)(H,34,41). The molecule has 12 nitrogen and oxygen atoms in total. The number of carbonyl (C=O) groups excluding carboxylic acids is 5. The van der Waals surface area contributed by atoms with Crippen LogP contribution in [0.5, 0.6) is 0 Å². The van der Waals surface area contributed by atoms with Gasteiger partial charge in [0.25, 0.3) is 11.5 Å². The molecule has 0 saturated heterocycles. The molecule has 2 saturated carbocycles. The Morgan fingerprint density at radius 2 is 1.76 bits per heavy atom. The fourth-order valence-corrected chi connectivity index (χ4v) is 5.45. The van der Waals surface area contributed by atoms with E-state index in [1.165, 1.54) is 23.0 Å². The van der Waals surface area contributed by atoms with Crippen molar-refractivity contribution in [2.45, 2.75) is 109 Å². The molecule has 4 amide bonds. The molecule has 2 aliphatic carbocycles. The zero-order valence-electron chi connectivity index (χ0n) is 24.5. The van der Waals surface area contributed by atoms with Gasteiger partial charge in [0.05, 0.1) is 6.04 Å². The molecule has 0 aromatic carbocycles. The number of rotatable bonds is 11. The summed E-state index contributed by atoms with van der Waals surface area (Å²) in [6.45, 7) is 5.11. The molecule has 0 bridgehead atoms. The molecule has 228 valence electrons. The minimum absolute atomic E-state index is 0.0571. The van der Waals surface area contributed by atoms with Gasteiger partial charge in [-0.25, -0.2) is 9.79 Å². The lowest BCUT2D eigenvalue weighted by atomic mass is 9.84. The molecular weight excluding hydrogens is 542 g/mol. The lowest BCUT2D eigenvalue weighted by Crippen LogP contribution is -2.51. The van der Waals surface area contributed by atoms with Crippen LogP contribution in [0.3, 0.4) is 0 Å². The number of nitrogens with one attached hydrogen (secondary N) is 3. The number of Topliss-reactive ketones (excluding diaryl/α,β-unsaturated/α-hetero) is 1. The Balaban J connectivity index is 1.60. The molecule has 1 aromatic heterocycles. The molecule has 42 heavy (non-hydrogen) atoms. The predicted octanol–water partition coefficient (Wildman–Crippen LogP) is 3.05. The van der Waals surface area contributed by atoms with Crippen LogP contribution in [0, 0.1) is 11.8 Å². The van der Waals surface area contributed by atoms with E-state index in [4.69, 9.17) is 4.74 Å². The van der Waals surface area contributed by atoms with Gasteiger partial charge in [0, 0.05) is 24.4 Å². The Morgan fingerprint density at radius 1 is 1.05 bits per heavy atom. The fourth-order valence-electron chi connectivity index (χ4n) is 5.45. The second kappa shape index (κ2) is 13.4. The summed E-state index contributed by atoms with van der Waals surface area (Å²) >= 11 is 0. The molecule has 1 aliphatic heterocycles. The average Bonchev–Trinajstić information content (AvgIpc) is 3.66. The third-order valence-corrected chi connectivity index (χ3v) is 7.78. The number of nitrogens with zero attached hydrogens (tertiary/aromatic N) is 2. The Kier molecular flexibility index (Phi) is 9.95. The van der Waals surface area contributed by atoms with Gasteiger partial charge in [-0.2, -0.15) is 0 Å². The summed E-state index contributed by atoms with van der Waals surface area (Å²) in [6.07, 6.45) is 9.20. The maximum atomic E-state index is 13.9. The summed E-state index contributed by atoms with van der Waals surface area (Å²) in [7, 11) is 0. The van der Waals surface area contributed by atoms with Crippen LogP contribution in [-0.2, 0) is 23.9 Å². The third-order valence-electron chi connectivity index (χ3n) is 7.78. The van der Waals surface area contributed by atoms with Gasteiger partial charge < -0.3 is 19.9 Å². The second-order valence-electron chi connectivity index (χ2n) is 12.5.